The number of hydrogen-bond donors (Lipinski definition) is 12. The molecule has 15 N–H and O–H groups in total. The summed E-state index contributed by atoms with van der Waals surface area (Å²) in [5, 5.41) is 65.7. The Bertz CT molecular complexity index is 1410. The number of guanidine groups is 1. The van der Waals surface area contributed by atoms with Crippen molar-refractivity contribution < 1.29 is 35.1 Å². The van der Waals surface area contributed by atoms with Crippen molar-refractivity contribution in [1.29, 1.82) is 5.41 Å². The van der Waals surface area contributed by atoms with Gasteiger partial charge in [0.05, 0.1) is 18.8 Å². The molecular formula is C35H59ClN10O7. The first kappa shape index (κ1) is 45.5. The minimum Gasteiger partial charge on any atom is -0.394 e. The fourth-order valence-electron chi connectivity index (χ4n) is 5.59. The Morgan fingerprint density at radius 3 is 2.15 bits per heavy atom. The summed E-state index contributed by atoms with van der Waals surface area (Å²) in [6.45, 7) is 3.66. The van der Waals surface area contributed by atoms with Gasteiger partial charge in [0.15, 0.2) is 28.4 Å². The highest BCUT2D eigenvalue weighted by molar-refractivity contribution is 6.31. The van der Waals surface area contributed by atoms with Crippen LogP contribution in [0, 0.1) is 5.41 Å². The molecule has 18 heteroatoms. The molecule has 5 unspecified atom stereocenters. The highest BCUT2D eigenvalue weighted by atomic mass is 35.5. The molecule has 0 fully saturated rings. The molecule has 1 aromatic carbocycles. The van der Waals surface area contributed by atoms with E-state index in [-0.39, 0.29) is 35.0 Å². The van der Waals surface area contributed by atoms with Crippen molar-refractivity contribution >= 4 is 41.0 Å². The van der Waals surface area contributed by atoms with Crippen LogP contribution in [0.2, 0.25) is 5.15 Å². The van der Waals surface area contributed by atoms with E-state index >= 15 is 0 Å². The Kier molecular flexibility index (Phi) is 21.1. The van der Waals surface area contributed by atoms with Gasteiger partial charge in [-0.05, 0) is 75.7 Å². The minimum absolute atomic E-state index is 0.0774. The SMILES string of the molecule is CCCCCCN(CCCNC(CCc1ccc(CCCCNC(=N)NC(=O)c2nc(Cl)c(N)nc2N)cc1)C(N)=O)CC(O)C(O)C(O)C(O)CO. The van der Waals surface area contributed by atoms with Gasteiger partial charge in [-0.2, -0.15) is 0 Å². The molecule has 2 amide bonds. The number of unbranched alkanes of at least 4 members (excludes halogenated alkanes) is 4. The summed E-state index contributed by atoms with van der Waals surface area (Å²) in [6, 6.07) is 7.62. The third kappa shape index (κ3) is 16.9. The normalized spacial score (nSPS) is 14.3. The number of rotatable bonds is 26. The molecule has 0 saturated heterocycles. The van der Waals surface area contributed by atoms with Crippen molar-refractivity contribution in [2.75, 3.05) is 50.8 Å². The maximum Gasteiger partial charge on any atom is 0.280 e. The van der Waals surface area contributed by atoms with Gasteiger partial charge in [-0.1, -0.05) is 62.1 Å². The van der Waals surface area contributed by atoms with Gasteiger partial charge in [0.1, 0.15) is 18.3 Å². The first-order valence-corrected chi connectivity index (χ1v) is 18.5. The van der Waals surface area contributed by atoms with E-state index in [1.807, 2.05) is 29.2 Å². The van der Waals surface area contributed by atoms with Gasteiger partial charge in [0.25, 0.3) is 5.91 Å². The molecular weight excluding hydrogens is 708 g/mol. The number of nitrogen functional groups attached to an aromatic ring is 2. The van der Waals surface area contributed by atoms with Crippen LogP contribution in [0.4, 0.5) is 11.6 Å². The molecule has 53 heavy (non-hydrogen) atoms. The largest absolute Gasteiger partial charge is 0.394 e. The highest BCUT2D eigenvalue weighted by Gasteiger charge is 2.31. The van der Waals surface area contributed by atoms with E-state index < -0.39 is 48.9 Å². The minimum atomic E-state index is -1.67. The topological polar surface area (TPSA) is 302 Å². The number of benzene rings is 1. The lowest BCUT2D eigenvalue weighted by Gasteiger charge is -2.30. The zero-order chi connectivity index (χ0) is 39.3. The molecule has 0 aliphatic carbocycles. The van der Waals surface area contributed by atoms with E-state index in [1.54, 1.807) is 0 Å². The van der Waals surface area contributed by atoms with Crippen molar-refractivity contribution in [1.82, 2.24) is 30.8 Å². The molecule has 0 saturated carbocycles. The molecule has 1 heterocycles. The number of carbonyl (C=O) groups excluding carboxylic acids is 2. The monoisotopic (exact) mass is 766 g/mol. The number of halogens is 1. The van der Waals surface area contributed by atoms with E-state index in [1.165, 1.54) is 0 Å². The molecule has 2 rings (SSSR count). The first-order chi connectivity index (χ1) is 25.3. The molecule has 1 aromatic heterocycles. The third-order valence-electron chi connectivity index (χ3n) is 8.78. The van der Waals surface area contributed by atoms with E-state index in [0.717, 1.165) is 56.1 Å². The van der Waals surface area contributed by atoms with Crippen LogP contribution in [-0.2, 0) is 17.6 Å². The summed E-state index contributed by atoms with van der Waals surface area (Å²) in [5.74, 6) is -1.66. The van der Waals surface area contributed by atoms with Crippen molar-refractivity contribution in [3.05, 3.63) is 46.2 Å². The van der Waals surface area contributed by atoms with Crippen molar-refractivity contribution in [3.63, 3.8) is 0 Å². The number of anilines is 2. The zero-order valence-corrected chi connectivity index (χ0v) is 31.3. The lowest BCUT2D eigenvalue weighted by molar-refractivity contribution is -0.120. The molecule has 0 bridgehead atoms. The molecule has 5 atom stereocenters. The van der Waals surface area contributed by atoms with E-state index in [0.29, 0.717) is 45.4 Å². The molecule has 2 aromatic rings. The second-order valence-electron chi connectivity index (χ2n) is 13.1. The van der Waals surface area contributed by atoms with Crippen LogP contribution >= 0.6 is 11.6 Å². The molecule has 0 aliphatic heterocycles. The second kappa shape index (κ2) is 24.6. The van der Waals surface area contributed by atoms with Crippen LogP contribution in [-0.4, -0.2) is 128 Å². The maximum absolute atomic E-state index is 12.3. The van der Waals surface area contributed by atoms with Crippen LogP contribution in [0.5, 0.6) is 0 Å². The molecule has 298 valence electrons. The number of aliphatic hydroxyl groups is 5. The molecule has 0 radical (unpaired) electrons. The van der Waals surface area contributed by atoms with E-state index in [4.69, 9.17) is 39.3 Å². The van der Waals surface area contributed by atoms with Gasteiger partial charge < -0.3 is 58.3 Å². The zero-order valence-electron chi connectivity index (χ0n) is 30.5. The quantitative estimate of drug-likeness (QED) is 0.0331. The maximum atomic E-state index is 12.3. The van der Waals surface area contributed by atoms with E-state index in [9.17, 15) is 30.0 Å². The van der Waals surface area contributed by atoms with Crippen molar-refractivity contribution in [2.45, 2.75) is 102 Å². The van der Waals surface area contributed by atoms with Gasteiger partial charge in [-0.15, -0.1) is 0 Å². The number of nitrogens with zero attached hydrogens (tertiary/aromatic N) is 3. The molecule has 17 nitrogen and oxygen atoms in total. The second-order valence-corrected chi connectivity index (χ2v) is 13.5. The van der Waals surface area contributed by atoms with Gasteiger partial charge in [0, 0.05) is 13.1 Å². The summed E-state index contributed by atoms with van der Waals surface area (Å²) < 4.78 is 0. The smallest absolute Gasteiger partial charge is 0.280 e. The Hall–Kier alpha value is -3.68. The first-order valence-electron chi connectivity index (χ1n) is 18.2. The number of aliphatic hydroxyl groups excluding tert-OH is 5. The molecule has 0 spiro atoms. The van der Waals surface area contributed by atoms with Crippen LogP contribution in [0.3, 0.4) is 0 Å². The Morgan fingerprint density at radius 1 is 0.868 bits per heavy atom. The number of hydrogen-bond acceptors (Lipinski definition) is 14. The summed E-state index contributed by atoms with van der Waals surface area (Å²) >= 11 is 5.81. The Labute approximate surface area is 316 Å². The van der Waals surface area contributed by atoms with Gasteiger partial charge >= 0.3 is 0 Å². The number of amides is 2. The van der Waals surface area contributed by atoms with Gasteiger partial charge in [-0.25, -0.2) is 9.97 Å². The predicted octanol–water partition coefficient (Wildman–Crippen LogP) is -0.344. The number of carbonyl (C=O) groups is 2. The highest BCUT2D eigenvalue weighted by Crippen LogP contribution is 2.17. The summed E-state index contributed by atoms with van der Waals surface area (Å²) in [5.41, 5.74) is 18.9. The fraction of sp³-hybridized carbons (Fsp3) is 0.629. The van der Waals surface area contributed by atoms with Gasteiger partial charge in [0.2, 0.25) is 5.91 Å². The Balaban J connectivity index is 1.73. The average molecular weight is 767 g/mol. The van der Waals surface area contributed by atoms with Crippen LogP contribution in [0.15, 0.2) is 24.3 Å². The van der Waals surface area contributed by atoms with Gasteiger partial charge in [-0.3, -0.25) is 20.3 Å². The third-order valence-corrected chi connectivity index (χ3v) is 9.06. The number of aryl methyl sites for hydroxylation is 2. The summed E-state index contributed by atoms with van der Waals surface area (Å²) in [4.78, 5) is 34.1. The standard InChI is InChI=1S/C35H59ClN10O7/c1-2-3-4-7-18-46(20-25(48)28(50)29(51)26(49)21-47)19-8-17-41-24(33(39)52)15-14-23-12-10-22(11-13-23)9-5-6-16-42-35(40)45-34(53)27-31(37)44-32(38)30(36)43-27/h10-13,24-26,28-29,41,47-51H,2-9,14-21H2,1H3,(H2,39,52)(H4,37,38,44)(H3,40,42,45,53). The van der Waals surface area contributed by atoms with Crippen molar-refractivity contribution in [3.8, 4) is 0 Å². The number of nitrogens with one attached hydrogen (secondary N) is 4. The number of aromatic nitrogens is 2. The lowest BCUT2D eigenvalue weighted by atomic mass is 10.0. The fourth-order valence-corrected chi connectivity index (χ4v) is 5.72. The van der Waals surface area contributed by atoms with Crippen LogP contribution < -0.4 is 33.2 Å². The van der Waals surface area contributed by atoms with Crippen LogP contribution in [0.25, 0.3) is 0 Å². The number of nitrogens with two attached hydrogens (primary N) is 3. The van der Waals surface area contributed by atoms with E-state index in [2.05, 4.69) is 32.8 Å². The number of primary amides is 1. The summed E-state index contributed by atoms with van der Waals surface area (Å²) in [6.07, 6.45) is 2.12. The van der Waals surface area contributed by atoms with Crippen molar-refractivity contribution in [2.24, 2.45) is 5.73 Å². The average Bonchev–Trinajstić information content (AvgIpc) is 3.13. The Morgan fingerprint density at radius 2 is 1.51 bits per heavy atom. The summed E-state index contributed by atoms with van der Waals surface area (Å²) in [7, 11) is 0. The molecule has 0 aliphatic rings. The predicted molar refractivity (Wildman–Crippen MR) is 204 cm³/mol. The van der Waals surface area contributed by atoms with Crippen LogP contribution in [0.1, 0.15) is 79.9 Å². The lowest BCUT2D eigenvalue weighted by Crippen LogP contribution is -2.50.